The van der Waals surface area contributed by atoms with E-state index in [1.54, 1.807) is 0 Å². The molecular weight excluding hydrogens is 320 g/mol. The molecule has 6 nitrogen and oxygen atoms in total. The van der Waals surface area contributed by atoms with Gasteiger partial charge in [-0.25, -0.2) is 4.99 Å². The summed E-state index contributed by atoms with van der Waals surface area (Å²) < 4.78 is 27.3. The molecule has 22 heavy (non-hydrogen) atoms. The summed E-state index contributed by atoms with van der Waals surface area (Å²) in [6.07, 6.45) is 2.74. The minimum Gasteiger partial charge on any atom is -0.344 e. The summed E-state index contributed by atoms with van der Waals surface area (Å²) in [4.78, 5) is 4.38. The Hall–Kier alpha value is -0.210. The Morgan fingerprint density at radius 1 is 1.09 bits per heavy atom. The predicted molar refractivity (Wildman–Crippen MR) is 94.9 cm³/mol. The molecule has 2 atom stereocenters. The molecule has 1 aliphatic heterocycles. The molecular formula is C14H29N3O3P2. The SMILES string of the molecule is CCCO/[PH]1=N/P(OCCC)(OCCC)=NC(C)=C=NC1C. The lowest BCUT2D eigenvalue weighted by Crippen LogP contribution is -2.01. The van der Waals surface area contributed by atoms with E-state index < -0.39 is 15.6 Å². The molecule has 0 aromatic carbocycles. The van der Waals surface area contributed by atoms with E-state index in [1.165, 1.54) is 0 Å². The molecule has 0 N–H and O–H groups in total. The van der Waals surface area contributed by atoms with Crippen molar-refractivity contribution in [3.63, 3.8) is 0 Å². The van der Waals surface area contributed by atoms with Crippen molar-refractivity contribution < 1.29 is 13.6 Å². The van der Waals surface area contributed by atoms with Crippen LogP contribution in [0.15, 0.2) is 19.9 Å². The van der Waals surface area contributed by atoms with Gasteiger partial charge in [0.15, 0.2) is 0 Å². The molecule has 0 spiro atoms. The molecule has 0 saturated carbocycles. The molecule has 2 unspecified atom stereocenters. The van der Waals surface area contributed by atoms with Gasteiger partial charge in [0.05, 0.1) is 19.8 Å². The largest absolute Gasteiger partial charge is 0.344 e. The number of nitrogens with zero attached hydrogens (tertiary/aromatic N) is 3. The van der Waals surface area contributed by atoms with Crippen LogP contribution >= 0.6 is 15.6 Å². The van der Waals surface area contributed by atoms with Gasteiger partial charge in [0.25, 0.3) is 0 Å². The van der Waals surface area contributed by atoms with Gasteiger partial charge < -0.3 is 13.6 Å². The standard InChI is InChI=1S/C14H29N3O3P2/c1-6-9-18-21-14(5)15-12-13(4)16-22(17-21,19-10-7-2)20-11-8-3/h14,21H,6-11H2,1-5H3. The fourth-order valence-corrected chi connectivity index (χ4v) is 6.44. The van der Waals surface area contributed by atoms with E-state index in [0.29, 0.717) is 25.5 Å². The molecule has 8 heteroatoms. The maximum Gasteiger partial charge on any atom is 0.342 e. The first-order valence-corrected chi connectivity index (χ1v) is 11.0. The first-order chi connectivity index (χ1) is 10.6. The van der Waals surface area contributed by atoms with E-state index in [0.717, 1.165) is 19.3 Å². The average Bonchev–Trinajstić information content (AvgIpc) is 2.51. The fourth-order valence-electron chi connectivity index (χ4n) is 1.62. The second-order valence-corrected chi connectivity index (χ2v) is 9.34. The lowest BCUT2D eigenvalue weighted by Gasteiger charge is -2.23. The molecule has 0 aromatic heterocycles. The van der Waals surface area contributed by atoms with Crippen LogP contribution in [-0.2, 0) is 13.6 Å². The molecule has 0 bridgehead atoms. The number of allylic oxidation sites excluding steroid dienone is 1. The van der Waals surface area contributed by atoms with Crippen molar-refractivity contribution in [3.05, 3.63) is 5.70 Å². The molecule has 0 fully saturated rings. The van der Waals surface area contributed by atoms with Crippen molar-refractivity contribution in [2.45, 2.75) is 59.7 Å². The smallest absolute Gasteiger partial charge is 0.342 e. The highest BCUT2D eigenvalue weighted by molar-refractivity contribution is 7.62. The predicted octanol–water partition coefficient (Wildman–Crippen LogP) is 5.46. The van der Waals surface area contributed by atoms with Crippen molar-refractivity contribution in [2.75, 3.05) is 19.8 Å². The topological polar surface area (TPSA) is 64.8 Å². The third-order valence-corrected chi connectivity index (χ3v) is 7.39. The lowest BCUT2D eigenvalue weighted by molar-refractivity contribution is 0.239. The van der Waals surface area contributed by atoms with Crippen LogP contribution in [-0.4, -0.2) is 31.5 Å². The Bertz CT molecular complexity index is 488. The minimum atomic E-state index is -2.67. The van der Waals surface area contributed by atoms with Gasteiger partial charge in [-0.15, -0.1) is 0 Å². The van der Waals surface area contributed by atoms with E-state index in [2.05, 4.69) is 36.4 Å². The van der Waals surface area contributed by atoms with E-state index in [9.17, 15) is 0 Å². The zero-order valence-corrected chi connectivity index (χ0v) is 16.2. The summed E-state index contributed by atoms with van der Waals surface area (Å²) >= 11 is 0. The van der Waals surface area contributed by atoms with E-state index >= 15 is 0 Å². The normalized spacial score (nSPS) is 24.7. The van der Waals surface area contributed by atoms with Gasteiger partial charge in [-0.3, -0.25) is 0 Å². The van der Waals surface area contributed by atoms with E-state index in [1.807, 2.05) is 13.8 Å². The average molecular weight is 349 g/mol. The monoisotopic (exact) mass is 349 g/mol. The Balaban J connectivity index is 3.25. The first-order valence-electron chi connectivity index (χ1n) is 8.00. The summed E-state index contributed by atoms with van der Waals surface area (Å²) in [5, 5.41) is 0. The molecule has 0 aliphatic carbocycles. The van der Waals surface area contributed by atoms with Gasteiger partial charge in [0.2, 0.25) is 0 Å². The van der Waals surface area contributed by atoms with Crippen molar-refractivity contribution in [2.24, 2.45) is 14.3 Å². The zero-order valence-electron chi connectivity index (χ0n) is 14.3. The molecule has 0 saturated heterocycles. The van der Waals surface area contributed by atoms with Crippen LogP contribution in [0.4, 0.5) is 0 Å². The summed E-state index contributed by atoms with van der Waals surface area (Å²) in [7, 11) is -4.22. The third-order valence-electron chi connectivity index (χ3n) is 2.66. The molecule has 1 heterocycles. The van der Waals surface area contributed by atoms with Gasteiger partial charge >= 0.3 is 7.66 Å². The molecule has 1 rings (SSSR count). The third kappa shape index (κ3) is 6.50. The van der Waals surface area contributed by atoms with Gasteiger partial charge in [-0.05, 0) is 33.1 Å². The number of rotatable bonds is 9. The number of hydrogen-bond acceptors (Lipinski definition) is 6. The van der Waals surface area contributed by atoms with Gasteiger partial charge in [-0.2, -0.15) is 9.26 Å². The highest BCUT2D eigenvalue weighted by Gasteiger charge is 2.25. The maximum absolute atomic E-state index is 5.98. The molecule has 0 amide bonds. The van der Waals surface area contributed by atoms with Gasteiger partial charge in [-0.1, -0.05) is 20.8 Å². The van der Waals surface area contributed by atoms with E-state index in [4.69, 9.17) is 18.1 Å². The molecule has 0 aromatic rings. The lowest BCUT2D eigenvalue weighted by atomic mass is 10.5. The first kappa shape index (κ1) is 19.8. The molecule has 128 valence electrons. The Labute approximate surface area is 135 Å². The zero-order chi connectivity index (χ0) is 16.4. The Morgan fingerprint density at radius 3 is 2.23 bits per heavy atom. The van der Waals surface area contributed by atoms with Crippen molar-refractivity contribution in [1.82, 2.24) is 0 Å². The van der Waals surface area contributed by atoms with Crippen molar-refractivity contribution in [1.29, 1.82) is 0 Å². The highest BCUT2D eigenvalue weighted by atomic mass is 31.2. The van der Waals surface area contributed by atoms with Gasteiger partial charge in [0.1, 0.15) is 19.4 Å². The van der Waals surface area contributed by atoms with Crippen LogP contribution in [0.2, 0.25) is 0 Å². The molecule has 1 aliphatic rings. The van der Waals surface area contributed by atoms with E-state index in [-0.39, 0.29) is 5.78 Å². The van der Waals surface area contributed by atoms with Gasteiger partial charge in [0, 0.05) is 5.87 Å². The van der Waals surface area contributed by atoms with Crippen LogP contribution in [0.3, 0.4) is 0 Å². The number of hydrogen-bond donors (Lipinski definition) is 0. The second kappa shape index (κ2) is 10.5. The summed E-state index contributed by atoms with van der Waals surface area (Å²) in [6, 6.07) is 0. The second-order valence-electron chi connectivity index (χ2n) is 5.05. The highest BCUT2D eigenvalue weighted by Crippen LogP contribution is 2.61. The summed E-state index contributed by atoms with van der Waals surface area (Å²) in [5.74, 6) is 2.95. The quantitative estimate of drug-likeness (QED) is 0.519. The Morgan fingerprint density at radius 2 is 1.68 bits per heavy atom. The summed E-state index contributed by atoms with van der Waals surface area (Å²) in [5.41, 5.74) is 0.674. The van der Waals surface area contributed by atoms with Crippen LogP contribution in [0.5, 0.6) is 0 Å². The Kier molecular flexibility index (Phi) is 9.51. The summed E-state index contributed by atoms with van der Waals surface area (Å²) in [6.45, 7) is 11.9. The molecule has 0 radical (unpaired) electrons. The van der Waals surface area contributed by atoms with Crippen LogP contribution in [0, 0.1) is 0 Å². The fraction of sp³-hybridized carbons (Fsp3) is 0.857. The maximum atomic E-state index is 5.98. The van der Waals surface area contributed by atoms with Crippen LogP contribution in [0.1, 0.15) is 53.9 Å². The van der Waals surface area contributed by atoms with Crippen molar-refractivity contribution >= 4 is 21.5 Å². The number of aliphatic imine (C=N–C) groups is 1. The minimum absolute atomic E-state index is 0.0307. The van der Waals surface area contributed by atoms with Crippen LogP contribution < -0.4 is 0 Å². The van der Waals surface area contributed by atoms with Crippen molar-refractivity contribution in [3.8, 4) is 0 Å². The van der Waals surface area contributed by atoms with Crippen LogP contribution in [0.25, 0.3) is 0 Å².